The number of hydrogen-bond acceptors (Lipinski definition) is 7. The van der Waals surface area contributed by atoms with Gasteiger partial charge in [0, 0.05) is 26.2 Å². The summed E-state index contributed by atoms with van der Waals surface area (Å²) in [5, 5.41) is 2.93. The van der Waals surface area contributed by atoms with Crippen molar-refractivity contribution in [1.82, 2.24) is 18.4 Å². The van der Waals surface area contributed by atoms with Gasteiger partial charge >= 0.3 is 0 Å². The maximum absolute atomic E-state index is 13.1. The number of fused-ring (bicyclic) bond motifs is 1. The van der Waals surface area contributed by atoms with Crippen molar-refractivity contribution in [2.45, 2.75) is 36.7 Å². The molecule has 2 aliphatic rings. The number of carbonyl (C=O) groups is 1. The lowest BCUT2D eigenvalue weighted by atomic mass is 9.99. The molecule has 2 fully saturated rings. The Kier molecular flexibility index (Phi) is 5.40. The molecule has 27 heavy (non-hydrogen) atoms. The van der Waals surface area contributed by atoms with E-state index in [1.54, 1.807) is 18.2 Å². The zero-order valence-electron chi connectivity index (χ0n) is 14.8. The van der Waals surface area contributed by atoms with Crippen molar-refractivity contribution in [1.29, 1.82) is 0 Å². The molecule has 1 amide bonds. The molecule has 0 bridgehead atoms. The van der Waals surface area contributed by atoms with Gasteiger partial charge in [-0.2, -0.15) is 13.1 Å². The van der Waals surface area contributed by atoms with E-state index in [0.717, 1.165) is 31.2 Å². The Labute approximate surface area is 162 Å². The van der Waals surface area contributed by atoms with Crippen molar-refractivity contribution < 1.29 is 17.9 Å². The third-order valence-electron chi connectivity index (χ3n) is 5.15. The third kappa shape index (κ3) is 3.84. The quantitative estimate of drug-likeness (QED) is 0.799. The molecule has 8 nitrogen and oxygen atoms in total. The minimum atomic E-state index is -3.72. The highest BCUT2D eigenvalue weighted by atomic mass is 32.2. The number of rotatable bonds is 5. The molecule has 0 unspecified atom stereocenters. The number of hydrogen-bond donors (Lipinski definition) is 1. The molecule has 2 atom stereocenters. The van der Waals surface area contributed by atoms with E-state index >= 15 is 0 Å². The van der Waals surface area contributed by atoms with Crippen LogP contribution in [0, 0.1) is 5.92 Å². The van der Waals surface area contributed by atoms with Crippen LogP contribution in [0.2, 0.25) is 0 Å². The molecule has 2 aliphatic heterocycles. The predicted molar refractivity (Wildman–Crippen MR) is 101 cm³/mol. The Balaban J connectivity index is 1.47. The molecule has 4 rings (SSSR count). The number of piperidine rings is 1. The average Bonchev–Trinajstić information content (AvgIpc) is 3.37. The summed E-state index contributed by atoms with van der Waals surface area (Å²) < 4.78 is 41.5. The van der Waals surface area contributed by atoms with Gasteiger partial charge in [-0.3, -0.25) is 4.79 Å². The standard InChI is InChI=1S/C17H22N4O4S2/c22-17(18-10-13-5-3-9-25-13)12-4-2-8-21(11-12)27(23,24)15-7-1-6-14-16(15)20-26-19-14/h1,6-7,12-13H,2-5,8-11H2,(H,18,22)/t12-,13-/m0/s1. The normalized spacial score (nSPS) is 24.3. The largest absolute Gasteiger partial charge is 0.376 e. The highest BCUT2D eigenvalue weighted by Crippen LogP contribution is 2.28. The summed E-state index contributed by atoms with van der Waals surface area (Å²) in [7, 11) is -3.72. The second-order valence-electron chi connectivity index (χ2n) is 6.97. The van der Waals surface area contributed by atoms with Crippen molar-refractivity contribution in [3.8, 4) is 0 Å². The maximum atomic E-state index is 13.1. The molecule has 2 saturated heterocycles. The molecule has 1 aromatic carbocycles. The van der Waals surface area contributed by atoms with Crippen LogP contribution in [0.3, 0.4) is 0 Å². The van der Waals surface area contributed by atoms with E-state index in [1.165, 1.54) is 4.31 Å². The highest BCUT2D eigenvalue weighted by Gasteiger charge is 2.34. The summed E-state index contributed by atoms with van der Waals surface area (Å²) in [6.45, 7) is 1.83. The van der Waals surface area contributed by atoms with Crippen LogP contribution in [0.4, 0.5) is 0 Å². The fraction of sp³-hybridized carbons (Fsp3) is 0.588. The van der Waals surface area contributed by atoms with E-state index in [1.807, 2.05) is 0 Å². The van der Waals surface area contributed by atoms with E-state index in [2.05, 4.69) is 14.1 Å². The first-order valence-electron chi connectivity index (χ1n) is 9.16. The molecule has 1 aromatic heterocycles. The summed E-state index contributed by atoms with van der Waals surface area (Å²) in [5.41, 5.74) is 0.969. The van der Waals surface area contributed by atoms with Crippen LogP contribution < -0.4 is 5.32 Å². The van der Waals surface area contributed by atoms with Crippen molar-refractivity contribution in [3.63, 3.8) is 0 Å². The van der Waals surface area contributed by atoms with Crippen LogP contribution in [-0.2, 0) is 19.6 Å². The Hall–Kier alpha value is -1.62. The van der Waals surface area contributed by atoms with Crippen molar-refractivity contribution in [2.24, 2.45) is 5.92 Å². The van der Waals surface area contributed by atoms with Gasteiger partial charge in [0.1, 0.15) is 15.9 Å². The van der Waals surface area contributed by atoms with Gasteiger partial charge in [-0.1, -0.05) is 6.07 Å². The molecule has 146 valence electrons. The van der Waals surface area contributed by atoms with E-state index in [4.69, 9.17) is 4.74 Å². The molecule has 3 heterocycles. The lowest BCUT2D eigenvalue weighted by Crippen LogP contribution is -2.46. The predicted octanol–water partition coefficient (Wildman–Crippen LogP) is 1.39. The number of carbonyl (C=O) groups excluding carboxylic acids is 1. The molecular formula is C17H22N4O4S2. The Morgan fingerprint density at radius 2 is 2.19 bits per heavy atom. The summed E-state index contributed by atoms with van der Waals surface area (Å²) in [4.78, 5) is 12.7. The lowest BCUT2D eigenvalue weighted by Gasteiger charge is -2.31. The van der Waals surface area contributed by atoms with Crippen LogP contribution in [0.15, 0.2) is 23.1 Å². The molecule has 0 spiro atoms. The first-order valence-corrected chi connectivity index (χ1v) is 11.3. The van der Waals surface area contributed by atoms with Gasteiger partial charge in [0.05, 0.1) is 23.8 Å². The van der Waals surface area contributed by atoms with E-state index < -0.39 is 10.0 Å². The van der Waals surface area contributed by atoms with Crippen LogP contribution >= 0.6 is 11.7 Å². The maximum Gasteiger partial charge on any atom is 0.245 e. The Bertz CT molecular complexity index is 924. The number of aromatic nitrogens is 2. The monoisotopic (exact) mass is 410 g/mol. The van der Waals surface area contributed by atoms with Crippen LogP contribution in [-0.4, -0.2) is 59.7 Å². The van der Waals surface area contributed by atoms with Gasteiger partial charge in [-0.05, 0) is 37.8 Å². The van der Waals surface area contributed by atoms with Gasteiger partial charge in [-0.25, -0.2) is 8.42 Å². The summed E-state index contributed by atoms with van der Waals surface area (Å²) in [6, 6.07) is 4.97. The van der Waals surface area contributed by atoms with E-state index in [0.29, 0.717) is 37.0 Å². The van der Waals surface area contributed by atoms with Gasteiger partial charge in [-0.15, -0.1) is 0 Å². The average molecular weight is 411 g/mol. The molecular weight excluding hydrogens is 388 g/mol. The smallest absolute Gasteiger partial charge is 0.245 e. The Morgan fingerprint density at radius 3 is 3.00 bits per heavy atom. The Morgan fingerprint density at radius 1 is 1.30 bits per heavy atom. The number of ether oxygens (including phenoxy) is 1. The first-order chi connectivity index (χ1) is 13.1. The van der Waals surface area contributed by atoms with Gasteiger partial charge < -0.3 is 10.1 Å². The van der Waals surface area contributed by atoms with Gasteiger partial charge in [0.2, 0.25) is 15.9 Å². The lowest BCUT2D eigenvalue weighted by molar-refractivity contribution is -0.126. The number of benzene rings is 1. The van der Waals surface area contributed by atoms with E-state index in [9.17, 15) is 13.2 Å². The number of amides is 1. The van der Waals surface area contributed by atoms with Crippen LogP contribution in [0.1, 0.15) is 25.7 Å². The van der Waals surface area contributed by atoms with E-state index in [-0.39, 0.29) is 29.4 Å². The zero-order valence-corrected chi connectivity index (χ0v) is 16.5. The van der Waals surface area contributed by atoms with Crippen molar-refractivity contribution in [2.75, 3.05) is 26.2 Å². The topological polar surface area (TPSA) is 101 Å². The molecule has 0 radical (unpaired) electrons. The third-order valence-corrected chi connectivity index (χ3v) is 7.59. The van der Waals surface area contributed by atoms with Crippen molar-refractivity contribution >= 4 is 38.7 Å². The first kappa shape index (κ1) is 18.7. The van der Waals surface area contributed by atoms with Crippen LogP contribution in [0.5, 0.6) is 0 Å². The number of sulfonamides is 1. The summed E-state index contributed by atoms with van der Waals surface area (Å²) in [5.74, 6) is -0.443. The summed E-state index contributed by atoms with van der Waals surface area (Å²) >= 11 is 0.995. The number of nitrogens with one attached hydrogen (secondary N) is 1. The van der Waals surface area contributed by atoms with Gasteiger partial charge in [0.15, 0.2) is 0 Å². The summed E-state index contributed by atoms with van der Waals surface area (Å²) in [6.07, 6.45) is 3.39. The minimum absolute atomic E-state index is 0.0761. The fourth-order valence-electron chi connectivity index (χ4n) is 3.67. The molecule has 0 saturated carbocycles. The SMILES string of the molecule is O=C(NC[C@@H]1CCCO1)[C@H]1CCCN(S(=O)(=O)c2cccc3nsnc23)C1. The fourth-order valence-corrected chi connectivity index (χ4v) is 5.94. The molecule has 10 heteroatoms. The van der Waals surface area contributed by atoms with Crippen LogP contribution in [0.25, 0.3) is 11.0 Å². The zero-order chi connectivity index (χ0) is 18.9. The minimum Gasteiger partial charge on any atom is -0.376 e. The van der Waals surface area contributed by atoms with Gasteiger partial charge in [0.25, 0.3) is 0 Å². The number of nitrogens with zero attached hydrogens (tertiary/aromatic N) is 3. The second-order valence-corrected chi connectivity index (χ2v) is 9.41. The highest BCUT2D eigenvalue weighted by molar-refractivity contribution is 7.89. The van der Waals surface area contributed by atoms with Crippen molar-refractivity contribution in [3.05, 3.63) is 18.2 Å². The molecule has 2 aromatic rings. The molecule has 1 N–H and O–H groups in total. The molecule has 0 aliphatic carbocycles. The second kappa shape index (κ2) is 7.78.